The summed E-state index contributed by atoms with van der Waals surface area (Å²) in [5, 5.41) is 20.5. The summed E-state index contributed by atoms with van der Waals surface area (Å²) in [4.78, 5) is 25.1. The Morgan fingerprint density at radius 3 is 2.58 bits per heavy atom. The van der Waals surface area contributed by atoms with Gasteiger partial charge in [-0.05, 0) is 43.4 Å². The van der Waals surface area contributed by atoms with E-state index in [0.29, 0.717) is 24.4 Å². The molecule has 1 aliphatic heterocycles. The van der Waals surface area contributed by atoms with Crippen LogP contribution in [0, 0.1) is 0 Å². The Morgan fingerprint density at radius 1 is 1.19 bits per heavy atom. The Hall–Kier alpha value is -3.39. The van der Waals surface area contributed by atoms with Gasteiger partial charge in [-0.3, -0.25) is 9.59 Å². The zero-order chi connectivity index (χ0) is 22.2. The highest BCUT2D eigenvalue weighted by atomic mass is 16.4. The molecule has 0 saturated carbocycles. The number of rotatable bonds is 7. The second kappa shape index (κ2) is 10.6. The molecule has 3 rings (SSSR count). The molecule has 2 amide bonds. The van der Waals surface area contributed by atoms with Crippen molar-refractivity contribution in [1.82, 2.24) is 16.0 Å². The zero-order valence-electron chi connectivity index (χ0n) is 17.5. The normalized spacial score (nSPS) is 20.0. The lowest BCUT2D eigenvalue weighted by Crippen LogP contribution is -2.53. The van der Waals surface area contributed by atoms with Gasteiger partial charge >= 0.3 is 0 Å². The Bertz CT molecular complexity index is 915. The smallest absolute Gasteiger partial charge is 0.242 e. The SMILES string of the molecule is C[C@H](NC(=O)C1C[C@@H](c2ccccc2)CCN1)C(=O)NCc1ccc(/C(N)=N/O)cc1. The van der Waals surface area contributed by atoms with Crippen molar-refractivity contribution >= 4 is 17.6 Å². The van der Waals surface area contributed by atoms with E-state index in [4.69, 9.17) is 10.9 Å². The highest BCUT2D eigenvalue weighted by molar-refractivity contribution is 5.97. The van der Waals surface area contributed by atoms with E-state index in [-0.39, 0.29) is 23.7 Å². The fourth-order valence-corrected chi connectivity index (χ4v) is 3.72. The number of carbonyl (C=O) groups is 2. The molecule has 1 fully saturated rings. The van der Waals surface area contributed by atoms with Crippen molar-refractivity contribution in [3.63, 3.8) is 0 Å². The molecule has 2 aromatic rings. The predicted octanol–water partition coefficient (Wildman–Crippen LogP) is 1.44. The number of nitrogens with zero attached hydrogens (tertiary/aromatic N) is 1. The third kappa shape index (κ3) is 6.05. The first kappa shape index (κ1) is 22.3. The molecule has 31 heavy (non-hydrogen) atoms. The lowest BCUT2D eigenvalue weighted by Gasteiger charge is -2.30. The van der Waals surface area contributed by atoms with Crippen LogP contribution in [0.15, 0.2) is 59.8 Å². The van der Waals surface area contributed by atoms with Crippen LogP contribution in [0.2, 0.25) is 0 Å². The molecule has 0 radical (unpaired) electrons. The maximum atomic E-state index is 12.7. The maximum Gasteiger partial charge on any atom is 0.242 e. The van der Waals surface area contributed by atoms with E-state index in [1.807, 2.05) is 18.2 Å². The summed E-state index contributed by atoms with van der Waals surface area (Å²) in [6, 6.07) is 16.2. The highest BCUT2D eigenvalue weighted by Gasteiger charge is 2.29. The lowest BCUT2D eigenvalue weighted by molar-refractivity contribution is -0.130. The Morgan fingerprint density at radius 2 is 1.90 bits per heavy atom. The second-order valence-corrected chi connectivity index (χ2v) is 7.77. The van der Waals surface area contributed by atoms with E-state index >= 15 is 0 Å². The van der Waals surface area contributed by atoms with E-state index in [1.165, 1.54) is 5.56 Å². The van der Waals surface area contributed by atoms with Gasteiger partial charge in [-0.15, -0.1) is 0 Å². The average molecular weight is 424 g/mol. The molecule has 8 nitrogen and oxygen atoms in total. The summed E-state index contributed by atoms with van der Waals surface area (Å²) in [5.41, 5.74) is 8.23. The minimum absolute atomic E-state index is 0.0257. The summed E-state index contributed by atoms with van der Waals surface area (Å²) in [5.74, 6) is -0.0661. The van der Waals surface area contributed by atoms with Crippen molar-refractivity contribution in [2.24, 2.45) is 10.9 Å². The molecule has 1 unspecified atom stereocenters. The first-order valence-corrected chi connectivity index (χ1v) is 10.4. The Balaban J connectivity index is 1.48. The second-order valence-electron chi connectivity index (χ2n) is 7.77. The standard InChI is InChI=1S/C23H29N5O3/c1-15(22(29)26-14-16-7-9-18(10-8-16)21(24)28-31)27-23(30)20-13-19(11-12-25-20)17-5-3-2-4-6-17/h2-10,15,19-20,25,31H,11-14H2,1H3,(H2,24,28)(H,26,29)(H,27,30)/t15-,19-,20?/m0/s1. The van der Waals surface area contributed by atoms with E-state index in [1.54, 1.807) is 31.2 Å². The number of carbonyl (C=O) groups excluding carboxylic acids is 2. The van der Waals surface area contributed by atoms with Crippen LogP contribution in [-0.4, -0.2) is 41.5 Å². The number of amides is 2. The van der Waals surface area contributed by atoms with Crippen LogP contribution in [-0.2, 0) is 16.1 Å². The summed E-state index contributed by atoms with van der Waals surface area (Å²) in [7, 11) is 0. The van der Waals surface area contributed by atoms with Crippen LogP contribution in [0.4, 0.5) is 0 Å². The van der Waals surface area contributed by atoms with Gasteiger partial charge in [-0.25, -0.2) is 0 Å². The molecule has 0 spiro atoms. The van der Waals surface area contributed by atoms with Gasteiger partial charge in [0.25, 0.3) is 0 Å². The highest BCUT2D eigenvalue weighted by Crippen LogP contribution is 2.27. The van der Waals surface area contributed by atoms with Crippen molar-refractivity contribution in [3.05, 3.63) is 71.3 Å². The van der Waals surface area contributed by atoms with Crippen molar-refractivity contribution < 1.29 is 14.8 Å². The number of nitrogens with one attached hydrogen (secondary N) is 3. The lowest BCUT2D eigenvalue weighted by atomic mass is 9.86. The van der Waals surface area contributed by atoms with Gasteiger partial charge in [0.1, 0.15) is 6.04 Å². The van der Waals surface area contributed by atoms with Crippen LogP contribution in [0.5, 0.6) is 0 Å². The molecule has 1 aliphatic rings. The zero-order valence-corrected chi connectivity index (χ0v) is 17.5. The molecular weight excluding hydrogens is 394 g/mol. The average Bonchev–Trinajstić information content (AvgIpc) is 2.82. The monoisotopic (exact) mass is 423 g/mol. The molecule has 6 N–H and O–H groups in total. The largest absolute Gasteiger partial charge is 0.409 e. The quantitative estimate of drug-likeness (QED) is 0.199. The van der Waals surface area contributed by atoms with Crippen molar-refractivity contribution in [3.8, 4) is 0 Å². The summed E-state index contributed by atoms with van der Waals surface area (Å²) in [6.07, 6.45) is 1.69. The van der Waals surface area contributed by atoms with Crippen molar-refractivity contribution in [2.45, 2.75) is 44.3 Å². The fraction of sp³-hybridized carbons (Fsp3) is 0.348. The fourth-order valence-electron chi connectivity index (χ4n) is 3.72. The summed E-state index contributed by atoms with van der Waals surface area (Å²) in [6.45, 7) is 2.75. The molecule has 0 aromatic heterocycles. The summed E-state index contributed by atoms with van der Waals surface area (Å²) < 4.78 is 0. The number of amidine groups is 1. The first-order valence-electron chi connectivity index (χ1n) is 10.4. The number of benzene rings is 2. The van der Waals surface area contributed by atoms with Crippen LogP contribution in [0.25, 0.3) is 0 Å². The van der Waals surface area contributed by atoms with Gasteiger partial charge in [0.2, 0.25) is 11.8 Å². The number of piperidine rings is 1. The van der Waals surface area contributed by atoms with Crippen LogP contribution < -0.4 is 21.7 Å². The van der Waals surface area contributed by atoms with Crippen LogP contribution >= 0.6 is 0 Å². The van der Waals surface area contributed by atoms with Gasteiger partial charge in [0.05, 0.1) is 6.04 Å². The molecule has 0 aliphatic carbocycles. The molecule has 1 heterocycles. The van der Waals surface area contributed by atoms with Crippen molar-refractivity contribution in [1.29, 1.82) is 0 Å². The molecule has 2 aromatic carbocycles. The van der Waals surface area contributed by atoms with Crippen LogP contribution in [0.3, 0.4) is 0 Å². The molecule has 164 valence electrons. The number of oxime groups is 1. The molecule has 0 bridgehead atoms. The van der Waals surface area contributed by atoms with Crippen LogP contribution in [0.1, 0.15) is 42.4 Å². The predicted molar refractivity (Wildman–Crippen MR) is 119 cm³/mol. The van der Waals surface area contributed by atoms with Gasteiger partial charge in [0.15, 0.2) is 5.84 Å². The van der Waals surface area contributed by atoms with Gasteiger partial charge in [-0.1, -0.05) is 59.8 Å². The van der Waals surface area contributed by atoms with E-state index in [9.17, 15) is 9.59 Å². The van der Waals surface area contributed by atoms with Crippen molar-refractivity contribution in [2.75, 3.05) is 6.54 Å². The third-order valence-electron chi connectivity index (χ3n) is 5.57. The van der Waals surface area contributed by atoms with Gasteiger partial charge in [0, 0.05) is 12.1 Å². The first-order chi connectivity index (χ1) is 15.0. The van der Waals surface area contributed by atoms with Gasteiger partial charge in [-0.2, -0.15) is 0 Å². The Labute approximate surface area is 181 Å². The topological polar surface area (TPSA) is 129 Å². The number of hydrogen-bond donors (Lipinski definition) is 5. The molecular formula is C23H29N5O3. The Kier molecular flexibility index (Phi) is 7.61. The van der Waals surface area contributed by atoms with E-state index < -0.39 is 6.04 Å². The summed E-state index contributed by atoms with van der Waals surface area (Å²) >= 11 is 0. The third-order valence-corrected chi connectivity index (χ3v) is 5.57. The molecule has 8 heteroatoms. The molecule has 3 atom stereocenters. The number of hydrogen-bond acceptors (Lipinski definition) is 5. The minimum atomic E-state index is -0.650. The number of nitrogens with two attached hydrogens (primary N) is 1. The van der Waals surface area contributed by atoms with E-state index in [0.717, 1.165) is 18.5 Å². The van der Waals surface area contributed by atoms with Gasteiger partial charge < -0.3 is 26.9 Å². The van der Waals surface area contributed by atoms with E-state index in [2.05, 4.69) is 33.2 Å². The minimum Gasteiger partial charge on any atom is -0.409 e. The maximum absolute atomic E-state index is 12.7. The molecule has 1 saturated heterocycles.